The molecule has 2 amide bonds. The Kier molecular flexibility index (Phi) is 6.23. The largest absolute Gasteiger partial charge is 0.481 e. The second kappa shape index (κ2) is 9.62. The number of hydrogen-bond acceptors (Lipinski definition) is 4. The third-order valence-electron chi connectivity index (χ3n) is 6.73. The van der Waals surface area contributed by atoms with Crippen molar-refractivity contribution in [2.75, 3.05) is 6.61 Å². The number of fused-ring (bicyclic) bond motifs is 4. The van der Waals surface area contributed by atoms with Gasteiger partial charge >= 0.3 is 12.1 Å². The third-order valence-corrected chi connectivity index (χ3v) is 6.73. The number of carboxylic acids is 1. The van der Waals surface area contributed by atoms with E-state index in [9.17, 15) is 14.4 Å². The molecule has 5 rings (SSSR count). The van der Waals surface area contributed by atoms with Crippen molar-refractivity contribution in [3.8, 4) is 11.1 Å². The maximum atomic E-state index is 13.2. The van der Waals surface area contributed by atoms with E-state index in [1.54, 1.807) is 4.90 Å². The van der Waals surface area contributed by atoms with Gasteiger partial charge in [-0.15, -0.1) is 0 Å². The monoisotopic (exact) mass is 470 g/mol. The topological polar surface area (TPSA) is 95.9 Å². The van der Waals surface area contributed by atoms with Crippen LogP contribution in [0.25, 0.3) is 11.1 Å². The van der Waals surface area contributed by atoms with Gasteiger partial charge in [0.25, 0.3) is 0 Å². The normalized spacial score (nSPS) is 14.6. The van der Waals surface area contributed by atoms with E-state index in [2.05, 4.69) is 17.4 Å². The van der Waals surface area contributed by atoms with Gasteiger partial charge in [-0.3, -0.25) is 9.59 Å². The number of aliphatic carboxylic acids is 1. The molecule has 7 nitrogen and oxygen atoms in total. The summed E-state index contributed by atoms with van der Waals surface area (Å²) in [5.74, 6) is -1.44. The molecule has 2 N–H and O–H groups in total. The summed E-state index contributed by atoms with van der Waals surface area (Å²) in [6, 6.07) is 22.9. The predicted molar refractivity (Wildman–Crippen MR) is 130 cm³/mol. The highest BCUT2D eigenvalue weighted by molar-refractivity contribution is 5.87. The first-order valence-corrected chi connectivity index (χ1v) is 11.7. The second-order valence-electron chi connectivity index (χ2n) is 8.92. The summed E-state index contributed by atoms with van der Waals surface area (Å²) in [7, 11) is 0. The Labute approximate surface area is 203 Å². The molecule has 1 heterocycles. The maximum Gasteiger partial charge on any atom is 0.407 e. The zero-order chi connectivity index (χ0) is 24.4. The highest BCUT2D eigenvalue weighted by Crippen LogP contribution is 2.44. The van der Waals surface area contributed by atoms with Crippen LogP contribution in [-0.4, -0.2) is 40.6 Å². The number of carboxylic acid groups (broad SMARTS) is 1. The predicted octanol–water partition coefficient (Wildman–Crippen LogP) is 4.30. The molecule has 0 saturated heterocycles. The molecule has 0 fully saturated rings. The molecule has 0 radical (unpaired) electrons. The minimum absolute atomic E-state index is 0.00872. The van der Waals surface area contributed by atoms with Crippen LogP contribution in [0.5, 0.6) is 0 Å². The summed E-state index contributed by atoms with van der Waals surface area (Å²) in [5.41, 5.74) is 6.54. The Morgan fingerprint density at radius 2 is 1.43 bits per heavy atom. The van der Waals surface area contributed by atoms with Crippen LogP contribution in [0.3, 0.4) is 0 Å². The molecule has 1 aliphatic heterocycles. The van der Waals surface area contributed by atoms with Crippen molar-refractivity contribution >= 4 is 18.0 Å². The average molecular weight is 471 g/mol. The summed E-state index contributed by atoms with van der Waals surface area (Å²) in [6.45, 7) is 0.991. The van der Waals surface area contributed by atoms with Crippen molar-refractivity contribution in [2.24, 2.45) is 0 Å². The molecule has 1 aliphatic carbocycles. The third kappa shape index (κ3) is 4.62. The molecule has 1 unspecified atom stereocenters. The lowest BCUT2D eigenvalue weighted by atomic mass is 9.98. The fourth-order valence-corrected chi connectivity index (χ4v) is 5.02. The van der Waals surface area contributed by atoms with Crippen LogP contribution >= 0.6 is 0 Å². The van der Waals surface area contributed by atoms with Crippen molar-refractivity contribution < 1.29 is 24.2 Å². The molecule has 3 aromatic carbocycles. The van der Waals surface area contributed by atoms with Gasteiger partial charge in [0.1, 0.15) is 12.6 Å². The fraction of sp³-hybridized carbons (Fsp3) is 0.250. The van der Waals surface area contributed by atoms with E-state index in [1.807, 2.05) is 60.7 Å². The first-order valence-electron chi connectivity index (χ1n) is 11.7. The van der Waals surface area contributed by atoms with Gasteiger partial charge in [-0.25, -0.2) is 4.79 Å². The molecule has 7 heteroatoms. The summed E-state index contributed by atoms with van der Waals surface area (Å²) >= 11 is 0. The Balaban J connectivity index is 1.26. The number of nitrogens with one attached hydrogen (secondary N) is 1. The Morgan fingerprint density at radius 1 is 0.886 bits per heavy atom. The molecule has 1 atom stereocenters. The average Bonchev–Trinajstić information content (AvgIpc) is 3.44. The van der Waals surface area contributed by atoms with Gasteiger partial charge in [0, 0.05) is 25.4 Å². The number of hydrogen-bond donors (Lipinski definition) is 2. The molecule has 178 valence electrons. The van der Waals surface area contributed by atoms with Crippen LogP contribution in [-0.2, 0) is 27.4 Å². The zero-order valence-electron chi connectivity index (χ0n) is 19.1. The summed E-state index contributed by atoms with van der Waals surface area (Å²) in [6.07, 6.45) is -0.973. The van der Waals surface area contributed by atoms with Crippen molar-refractivity contribution in [3.05, 3.63) is 95.1 Å². The smallest absolute Gasteiger partial charge is 0.407 e. The van der Waals surface area contributed by atoms with Crippen LogP contribution in [0.15, 0.2) is 72.8 Å². The zero-order valence-corrected chi connectivity index (χ0v) is 19.1. The van der Waals surface area contributed by atoms with E-state index in [0.29, 0.717) is 13.1 Å². The highest BCUT2D eigenvalue weighted by Gasteiger charge is 2.32. The van der Waals surface area contributed by atoms with Gasteiger partial charge in [-0.2, -0.15) is 0 Å². The van der Waals surface area contributed by atoms with E-state index in [-0.39, 0.29) is 31.3 Å². The Hall–Kier alpha value is -4.13. The van der Waals surface area contributed by atoms with Gasteiger partial charge in [-0.05, 0) is 39.8 Å². The SMILES string of the molecule is O=C(O)CCC(NC(=O)OCC1c2ccccc2-c2ccccc21)C(=O)N1Cc2ccccc2C1. The summed E-state index contributed by atoms with van der Waals surface area (Å²) in [4.78, 5) is 38.8. The van der Waals surface area contributed by atoms with Gasteiger partial charge in [-0.1, -0.05) is 72.8 Å². The fourth-order valence-electron chi connectivity index (χ4n) is 5.02. The highest BCUT2D eigenvalue weighted by atomic mass is 16.5. The lowest BCUT2D eigenvalue weighted by molar-refractivity contribution is -0.138. The van der Waals surface area contributed by atoms with E-state index in [0.717, 1.165) is 33.4 Å². The molecule has 0 bridgehead atoms. The number of nitrogens with zero attached hydrogens (tertiary/aromatic N) is 1. The summed E-state index contributed by atoms with van der Waals surface area (Å²) < 4.78 is 5.58. The van der Waals surface area contributed by atoms with Gasteiger partial charge < -0.3 is 20.1 Å². The lowest BCUT2D eigenvalue weighted by Gasteiger charge is -2.24. The number of carbonyl (C=O) groups excluding carboxylic acids is 2. The molecule has 35 heavy (non-hydrogen) atoms. The molecule has 3 aromatic rings. The van der Waals surface area contributed by atoms with Gasteiger partial charge in [0.2, 0.25) is 5.91 Å². The molecular formula is C28H26N2O5. The van der Waals surface area contributed by atoms with Crippen LogP contribution < -0.4 is 5.32 Å². The van der Waals surface area contributed by atoms with E-state index in [4.69, 9.17) is 9.84 Å². The van der Waals surface area contributed by atoms with E-state index in [1.165, 1.54) is 0 Å². The number of rotatable bonds is 7. The standard InChI is InChI=1S/C28H26N2O5/c31-26(32)14-13-25(27(33)30-15-18-7-1-2-8-19(18)16-30)29-28(34)35-17-24-22-11-5-3-9-20(22)21-10-4-6-12-23(21)24/h1-12,24-25H,13-17H2,(H,29,34)(H,31,32). The van der Waals surface area contributed by atoms with Crippen molar-refractivity contribution in [2.45, 2.75) is 37.9 Å². The molecule has 0 spiro atoms. The van der Waals surface area contributed by atoms with Crippen LogP contribution in [0.1, 0.15) is 41.0 Å². The summed E-state index contributed by atoms with van der Waals surface area (Å²) in [5, 5.41) is 11.8. The van der Waals surface area contributed by atoms with Gasteiger partial charge in [0.15, 0.2) is 0 Å². The quantitative estimate of drug-likeness (QED) is 0.537. The number of amides is 2. The van der Waals surface area contributed by atoms with Crippen molar-refractivity contribution in [3.63, 3.8) is 0 Å². The lowest BCUT2D eigenvalue weighted by Crippen LogP contribution is -2.47. The van der Waals surface area contributed by atoms with E-state index < -0.39 is 18.1 Å². The number of alkyl carbamates (subject to hydrolysis) is 1. The minimum atomic E-state index is -1.03. The molecule has 0 saturated carbocycles. The second-order valence-corrected chi connectivity index (χ2v) is 8.92. The molecule has 0 aromatic heterocycles. The maximum absolute atomic E-state index is 13.2. The molecule has 2 aliphatic rings. The minimum Gasteiger partial charge on any atom is -0.481 e. The van der Waals surface area contributed by atoms with Crippen LogP contribution in [0.4, 0.5) is 4.79 Å². The molecular weight excluding hydrogens is 444 g/mol. The van der Waals surface area contributed by atoms with E-state index >= 15 is 0 Å². The van der Waals surface area contributed by atoms with Crippen LogP contribution in [0.2, 0.25) is 0 Å². The van der Waals surface area contributed by atoms with Crippen molar-refractivity contribution in [1.82, 2.24) is 10.2 Å². The van der Waals surface area contributed by atoms with Crippen molar-refractivity contribution in [1.29, 1.82) is 0 Å². The van der Waals surface area contributed by atoms with Crippen LogP contribution in [0, 0.1) is 0 Å². The number of benzene rings is 3. The first kappa shape index (κ1) is 22.7. The Morgan fingerprint density at radius 3 is 2.00 bits per heavy atom. The number of carbonyl (C=O) groups is 3. The van der Waals surface area contributed by atoms with Gasteiger partial charge in [0.05, 0.1) is 0 Å². The first-order chi connectivity index (χ1) is 17.0. The number of ether oxygens (including phenoxy) is 1. The Bertz CT molecular complexity index is 1220.